The third-order valence-corrected chi connectivity index (χ3v) is 4.17. The van der Waals surface area contributed by atoms with Gasteiger partial charge in [-0.2, -0.15) is 0 Å². The smallest absolute Gasteiger partial charge is 0.254 e. The van der Waals surface area contributed by atoms with E-state index in [9.17, 15) is 19.1 Å². The fraction of sp³-hybridized carbons (Fsp3) is 0.222. The van der Waals surface area contributed by atoms with E-state index in [1.165, 1.54) is 29.2 Å². The van der Waals surface area contributed by atoms with E-state index in [0.717, 1.165) is 0 Å². The Kier molecular flexibility index (Phi) is 4.31. The number of halogens is 1. The van der Waals surface area contributed by atoms with Gasteiger partial charge in [-0.15, -0.1) is 0 Å². The molecule has 3 N–H and O–H groups in total. The zero-order valence-corrected chi connectivity index (χ0v) is 12.9. The molecular formula is C18H17FN2O3. The van der Waals surface area contributed by atoms with Gasteiger partial charge in [0, 0.05) is 17.7 Å². The summed E-state index contributed by atoms with van der Waals surface area (Å²) in [6.45, 7) is 0.154. The van der Waals surface area contributed by atoms with E-state index in [2.05, 4.69) is 0 Å². The van der Waals surface area contributed by atoms with Gasteiger partial charge in [-0.3, -0.25) is 9.59 Å². The second kappa shape index (κ2) is 6.41. The number of likely N-dealkylation sites (tertiary alicyclic amines) is 1. The zero-order chi connectivity index (χ0) is 17.3. The lowest BCUT2D eigenvalue weighted by molar-refractivity contribution is 0.0715. The highest BCUT2D eigenvalue weighted by Gasteiger charge is 2.35. The number of rotatable bonds is 3. The predicted molar refractivity (Wildman–Crippen MR) is 85.8 cm³/mol. The Morgan fingerprint density at radius 2 is 1.83 bits per heavy atom. The van der Waals surface area contributed by atoms with Crippen molar-refractivity contribution < 1.29 is 19.1 Å². The van der Waals surface area contributed by atoms with E-state index in [4.69, 9.17) is 5.73 Å². The molecule has 2 aromatic carbocycles. The van der Waals surface area contributed by atoms with Gasteiger partial charge in [-0.05, 0) is 42.3 Å². The van der Waals surface area contributed by atoms with Crippen molar-refractivity contribution in [1.82, 2.24) is 4.90 Å². The molecule has 2 amide bonds. The Labute approximate surface area is 138 Å². The van der Waals surface area contributed by atoms with Crippen LogP contribution in [0.3, 0.4) is 0 Å². The molecule has 1 heterocycles. The van der Waals surface area contributed by atoms with Crippen molar-refractivity contribution >= 4 is 11.8 Å². The minimum Gasteiger partial charge on any atom is -0.391 e. The summed E-state index contributed by atoms with van der Waals surface area (Å²) in [6.07, 6.45) is -0.341. The number of hydrogen-bond acceptors (Lipinski definition) is 3. The maximum atomic E-state index is 13.5. The first-order valence-electron chi connectivity index (χ1n) is 7.60. The van der Waals surface area contributed by atoms with E-state index >= 15 is 0 Å². The lowest BCUT2D eigenvalue weighted by Crippen LogP contribution is -2.32. The summed E-state index contributed by atoms with van der Waals surface area (Å²) in [5.41, 5.74) is 6.42. The molecule has 2 aromatic rings. The van der Waals surface area contributed by atoms with Crippen LogP contribution < -0.4 is 5.73 Å². The van der Waals surface area contributed by atoms with Crippen molar-refractivity contribution in [3.05, 3.63) is 71.0 Å². The SMILES string of the molecule is NC(=O)c1cccc(C(=O)N2C[C@H](O)C[C@H]2c2cccc(F)c2)c1. The number of aliphatic hydroxyl groups excluding tert-OH is 1. The van der Waals surface area contributed by atoms with E-state index in [1.54, 1.807) is 24.3 Å². The monoisotopic (exact) mass is 328 g/mol. The van der Waals surface area contributed by atoms with Crippen LogP contribution in [0.4, 0.5) is 4.39 Å². The van der Waals surface area contributed by atoms with Gasteiger partial charge in [0.1, 0.15) is 5.82 Å². The lowest BCUT2D eigenvalue weighted by atomic mass is 10.0. The van der Waals surface area contributed by atoms with E-state index in [1.807, 2.05) is 0 Å². The van der Waals surface area contributed by atoms with Gasteiger partial charge >= 0.3 is 0 Å². The van der Waals surface area contributed by atoms with Crippen LogP contribution in [-0.4, -0.2) is 34.5 Å². The minimum atomic E-state index is -0.679. The average Bonchev–Trinajstić information content (AvgIpc) is 2.96. The number of aliphatic hydroxyl groups is 1. The van der Waals surface area contributed by atoms with Gasteiger partial charge < -0.3 is 15.7 Å². The number of nitrogens with zero attached hydrogens (tertiary/aromatic N) is 1. The Morgan fingerprint density at radius 3 is 2.54 bits per heavy atom. The van der Waals surface area contributed by atoms with Crippen LogP contribution in [0.1, 0.15) is 38.7 Å². The Hall–Kier alpha value is -2.73. The van der Waals surface area contributed by atoms with Crippen molar-refractivity contribution in [3.63, 3.8) is 0 Å². The van der Waals surface area contributed by atoms with Crippen molar-refractivity contribution in [1.29, 1.82) is 0 Å². The Bertz CT molecular complexity index is 793. The number of primary amides is 1. The largest absolute Gasteiger partial charge is 0.391 e. The Balaban J connectivity index is 1.92. The molecule has 0 saturated carbocycles. The molecule has 1 aliphatic rings. The first-order chi connectivity index (χ1) is 11.5. The zero-order valence-electron chi connectivity index (χ0n) is 12.9. The fourth-order valence-electron chi connectivity index (χ4n) is 3.04. The van der Waals surface area contributed by atoms with Crippen LogP contribution in [0, 0.1) is 5.82 Å². The maximum absolute atomic E-state index is 13.5. The topological polar surface area (TPSA) is 83.6 Å². The number of β-amino-alcohol motifs (C(OH)–C–C–N with tert-alkyl or cyclic N) is 1. The maximum Gasteiger partial charge on any atom is 0.254 e. The van der Waals surface area contributed by atoms with Crippen molar-refractivity contribution in [2.75, 3.05) is 6.54 Å². The predicted octanol–water partition coefficient (Wildman–Crippen LogP) is 1.87. The highest BCUT2D eigenvalue weighted by Crippen LogP contribution is 2.33. The summed E-state index contributed by atoms with van der Waals surface area (Å²) in [5, 5.41) is 9.98. The molecular weight excluding hydrogens is 311 g/mol. The second-order valence-corrected chi connectivity index (χ2v) is 5.86. The number of benzene rings is 2. The fourth-order valence-corrected chi connectivity index (χ4v) is 3.04. The summed E-state index contributed by atoms with van der Waals surface area (Å²) >= 11 is 0. The van der Waals surface area contributed by atoms with Crippen molar-refractivity contribution in [2.24, 2.45) is 5.73 Å². The van der Waals surface area contributed by atoms with E-state index in [-0.39, 0.29) is 18.0 Å². The normalized spacial score (nSPS) is 20.2. The number of carbonyl (C=O) groups excluding carboxylic acids is 2. The van der Waals surface area contributed by atoms with Crippen molar-refractivity contribution in [3.8, 4) is 0 Å². The summed E-state index contributed by atoms with van der Waals surface area (Å²) in [5.74, 6) is -1.34. The third kappa shape index (κ3) is 3.14. The second-order valence-electron chi connectivity index (χ2n) is 5.86. The lowest BCUT2D eigenvalue weighted by Gasteiger charge is -2.25. The first kappa shape index (κ1) is 16.1. The standard InChI is InChI=1S/C18H17FN2O3/c19-14-6-2-3-11(8-14)16-9-15(22)10-21(16)18(24)13-5-1-4-12(7-13)17(20)23/h1-8,15-16,22H,9-10H2,(H2,20,23)/t15-,16+/m1/s1. The van der Waals surface area contributed by atoms with Gasteiger partial charge in [-0.1, -0.05) is 18.2 Å². The summed E-state index contributed by atoms with van der Waals surface area (Å²) in [4.78, 5) is 25.6. The molecule has 5 nitrogen and oxygen atoms in total. The minimum absolute atomic E-state index is 0.154. The summed E-state index contributed by atoms with van der Waals surface area (Å²) in [6, 6.07) is 11.7. The highest BCUT2D eigenvalue weighted by atomic mass is 19.1. The molecule has 0 aliphatic carbocycles. The average molecular weight is 328 g/mol. The molecule has 0 spiro atoms. The number of amides is 2. The summed E-state index contributed by atoms with van der Waals surface area (Å²) < 4.78 is 13.5. The molecule has 1 aliphatic heterocycles. The van der Waals surface area contributed by atoms with Crippen LogP contribution in [0.5, 0.6) is 0 Å². The molecule has 1 fully saturated rings. The van der Waals surface area contributed by atoms with Crippen LogP contribution in [0.2, 0.25) is 0 Å². The molecule has 6 heteroatoms. The van der Waals surface area contributed by atoms with Crippen LogP contribution in [0.25, 0.3) is 0 Å². The van der Waals surface area contributed by atoms with Crippen molar-refractivity contribution in [2.45, 2.75) is 18.6 Å². The number of hydrogen-bond donors (Lipinski definition) is 2. The molecule has 3 rings (SSSR count). The highest BCUT2D eigenvalue weighted by molar-refractivity contribution is 5.99. The van der Waals surface area contributed by atoms with E-state index < -0.39 is 23.9 Å². The molecule has 0 aromatic heterocycles. The summed E-state index contributed by atoms with van der Waals surface area (Å²) in [7, 11) is 0. The van der Waals surface area contributed by atoms with Gasteiger partial charge in [-0.25, -0.2) is 4.39 Å². The van der Waals surface area contributed by atoms with Gasteiger partial charge in [0.05, 0.1) is 12.1 Å². The van der Waals surface area contributed by atoms with Crippen LogP contribution >= 0.6 is 0 Å². The third-order valence-electron chi connectivity index (χ3n) is 4.17. The Morgan fingerprint density at radius 1 is 1.12 bits per heavy atom. The molecule has 124 valence electrons. The molecule has 2 atom stereocenters. The molecule has 0 radical (unpaired) electrons. The molecule has 0 unspecified atom stereocenters. The number of nitrogens with two attached hydrogens (primary N) is 1. The van der Waals surface area contributed by atoms with Crippen LogP contribution in [0.15, 0.2) is 48.5 Å². The molecule has 0 bridgehead atoms. The van der Waals surface area contributed by atoms with Gasteiger partial charge in [0.2, 0.25) is 5.91 Å². The van der Waals surface area contributed by atoms with Gasteiger partial charge in [0.15, 0.2) is 0 Å². The van der Waals surface area contributed by atoms with E-state index in [0.29, 0.717) is 17.5 Å². The molecule has 1 saturated heterocycles. The van der Waals surface area contributed by atoms with Gasteiger partial charge in [0.25, 0.3) is 5.91 Å². The first-order valence-corrected chi connectivity index (χ1v) is 7.60. The quantitative estimate of drug-likeness (QED) is 0.902. The molecule has 24 heavy (non-hydrogen) atoms. The van der Waals surface area contributed by atoms with Crippen LogP contribution in [-0.2, 0) is 0 Å². The number of carbonyl (C=O) groups is 2.